The van der Waals surface area contributed by atoms with E-state index in [2.05, 4.69) is 10.5 Å². The van der Waals surface area contributed by atoms with E-state index in [0.29, 0.717) is 21.4 Å². The highest BCUT2D eigenvalue weighted by Gasteiger charge is 2.10. The number of aryl methyl sites for hydroxylation is 1. The van der Waals surface area contributed by atoms with E-state index in [1.165, 1.54) is 24.0 Å². The number of ether oxygens (including phenoxy) is 1. The number of rotatable bonds is 4. The van der Waals surface area contributed by atoms with Crippen LogP contribution in [-0.4, -0.2) is 23.8 Å². The Kier molecular flexibility index (Phi) is 5.41. The Bertz CT molecular complexity index is 808. The van der Waals surface area contributed by atoms with E-state index >= 15 is 0 Å². The molecule has 0 atom stereocenters. The normalized spacial score (nSPS) is 10.8. The summed E-state index contributed by atoms with van der Waals surface area (Å²) < 4.78 is 6.35. The molecule has 0 aliphatic heterocycles. The summed E-state index contributed by atoms with van der Waals surface area (Å²) in [5.74, 6) is -0.240. The summed E-state index contributed by atoms with van der Waals surface area (Å²) in [6.45, 7) is 0. The number of halogens is 2. The van der Waals surface area contributed by atoms with Crippen molar-refractivity contribution in [2.45, 2.75) is 0 Å². The molecule has 0 unspecified atom stereocenters. The lowest BCUT2D eigenvalue weighted by atomic mass is 10.2. The molecule has 2 rings (SSSR count). The monoisotopic (exact) mass is 353 g/mol. The molecule has 0 aliphatic carbocycles. The van der Waals surface area contributed by atoms with Crippen LogP contribution in [0.5, 0.6) is 5.75 Å². The molecule has 1 aromatic heterocycles. The molecule has 120 valence electrons. The minimum Gasteiger partial charge on any atom is -0.494 e. The molecular formula is C15H13Cl2N3O3. The summed E-state index contributed by atoms with van der Waals surface area (Å²) in [6, 6.07) is 6.20. The third-order valence-corrected chi connectivity index (χ3v) is 3.53. The van der Waals surface area contributed by atoms with E-state index in [1.54, 1.807) is 31.4 Å². The number of methoxy groups -OCH3 is 1. The number of hydrazone groups is 1. The molecule has 1 heterocycles. The maximum atomic E-state index is 11.9. The second-order valence-corrected chi connectivity index (χ2v) is 5.37. The molecule has 23 heavy (non-hydrogen) atoms. The molecule has 1 aromatic carbocycles. The molecule has 1 N–H and O–H groups in total. The number of nitrogens with one attached hydrogen (secondary N) is 1. The van der Waals surface area contributed by atoms with Gasteiger partial charge in [0.25, 0.3) is 11.5 Å². The number of nitrogens with zero attached hydrogens (tertiary/aromatic N) is 2. The molecule has 1 amide bonds. The predicted molar refractivity (Wildman–Crippen MR) is 89.8 cm³/mol. The van der Waals surface area contributed by atoms with E-state index < -0.39 is 11.5 Å². The van der Waals surface area contributed by atoms with Gasteiger partial charge in [0, 0.05) is 13.2 Å². The van der Waals surface area contributed by atoms with Crippen molar-refractivity contribution in [3.8, 4) is 5.75 Å². The lowest BCUT2D eigenvalue weighted by molar-refractivity contribution is 0.0953. The first-order valence-electron chi connectivity index (χ1n) is 6.46. The van der Waals surface area contributed by atoms with Gasteiger partial charge >= 0.3 is 0 Å². The number of carbonyl (C=O) groups is 1. The van der Waals surface area contributed by atoms with Gasteiger partial charge in [0.2, 0.25) is 0 Å². The highest BCUT2D eigenvalue weighted by atomic mass is 35.5. The van der Waals surface area contributed by atoms with Crippen LogP contribution >= 0.6 is 23.2 Å². The molecule has 0 fully saturated rings. The first-order valence-corrected chi connectivity index (χ1v) is 7.21. The van der Waals surface area contributed by atoms with Crippen molar-refractivity contribution in [3.63, 3.8) is 0 Å². The first-order chi connectivity index (χ1) is 10.9. The van der Waals surface area contributed by atoms with Crippen LogP contribution in [0.2, 0.25) is 10.0 Å². The molecular weight excluding hydrogens is 341 g/mol. The summed E-state index contributed by atoms with van der Waals surface area (Å²) in [5, 5.41) is 4.44. The molecule has 0 bridgehead atoms. The maximum Gasteiger partial charge on any atom is 0.276 e. The minimum absolute atomic E-state index is 0.00190. The molecule has 6 nitrogen and oxygen atoms in total. The van der Waals surface area contributed by atoms with Gasteiger partial charge < -0.3 is 9.30 Å². The number of hydrogen-bond acceptors (Lipinski definition) is 4. The number of benzene rings is 1. The summed E-state index contributed by atoms with van der Waals surface area (Å²) in [6.07, 6.45) is 2.92. The van der Waals surface area contributed by atoms with Crippen LogP contribution in [-0.2, 0) is 7.05 Å². The van der Waals surface area contributed by atoms with Crippen molar-refractivity contribution in [2.24, 2.45) is 12.1 Å². The topological polar surface area (TPSA) is 72.7 Å². The van der Waals surface area contributed by atoms with Crippen LogP contribution in [0.15, 0.2) is 40.4 Å². The van der Waals surface area contributed by atoms with Crippen molar-refractivity contribution in [1.82, 2.24) is 9.99 Å². The molecule has 0 aliphatic rings. The van der Waals surface area contributed by atoms with E-state index in [1.807, 2.05) is 0 Å². The Morgan fingerprint density at radius 3 is 2.61 bits per heavy atom. The Morgan fingerprint density at radius 1 is 1.35 bits per heavy atom. The lowest BCUT2D eigenvalue weighted by Crippen LogP contribution is -2.29. The maximum absolute atomic E-state index is 11.9. The smallest absolute Gasteiger partial charge is 0.276 e. The van der Waals surface area contributed by atoms with Gasteiger partial charge in [-0.1, -0.05) is 23.2 Å². The number of carbonyl (C=O) groups excluding carboxylic acids is 1. The molecule has 0 saturated carbocycles. The van der Waals surface area contributed by atoms with E-state index in [0.717, 1.165) is 0 Å². The van der Waals surface area contributed by atoms with Gasteiger partial charge in [-0.2, -0.15) is 5.10 Å². The SMILES string of the molecule is COc1c(Cl)cc(/C=N\NC(=O)c2cccn(C)c2=O)cc1Cl. The highest BCUT2D eigenvalue weighted by Crippen LogP contribution is 2.33. The van der Waals surface area contributed by atoms with E-state index in [-0.39, 0.29) is 5.56 Å². The zero-order valence-corrected chi connectivity index (χ0v) is 13.9. The van der Waals surface area contributed by atoms with Crippen LogP contribution < -0.4 is 15.7 Å². The zero-order valence-electron chi connectivity index (χ0n) is 12.3. The molecule has 0 radical (unpaired) electrons. The third kappa shape index (κ3) is 3.91. The summed E-state index contributed by atoms with van der Waals surface area (Å²) in [7, 11) is 3.02. The highest BCUT2D eigenvalue weighted by molar-refractivity contribution is 6.37. The third-order valence-electron chi connectivity index (χ3n) is 2.97. The van der Waals surface area contributed by atoms with Gasteiger partial charge in [-0.05, 0) is 29.8 Å². The van der Waals surface area contributed by atoms with Crippen molar-refractivity contribution in [3.05, 3.63) is 62.0 Å². The Balaban J connectivity index is 2.14. The number of pyridine rings is 1. The van der Waals surface area contributed by atoms with Crippen molar-refractivity contribution < 1.29 is 9.53 Å². The quantitative estimate of drug-likeness (QED) is 0.677. The summed E-state index contributed by atoms with van der Waals surface area (Å²) in [4.78, 5) is 23.7. The van der Waals surface area contributed by atoms with Gasteiger partial charge in [-0.3, -0.25) is 9.59 Å². The summed E-state index contributed by atoms with van der Waals surface area (Å²) >= 11 is 12.0. The van der Waals surface area contributed by atoms with E-state index in [4.69, 9.17) is 27.9 Å². The Labute approximate surface area is 142 Å². The zero-order chi connectivity index (χ0) is 17.0. The second kappa shape index (κ2) is 7.30. The van der Waals surface area contributed by atoms with Crippen molar-refractivity contribution >= 4 is 35.3 Å². The van der Waals surface area contributed by atoms with Crippen LogP contribution in [0.25, 0.3) is 0 Å². The van der Waals surface area contributed by atoms with Crippen LogP contribution in [0, 0.1) is 0 Å². The molecule has 2 aromatic rings. The van der Waals surface area contributed by atoms with Crippen LogP contribution in [0.1, 0.15) is 15.9 Å². The Hall–Kier alpha value is -2.31. The fourth-order valence-electron chi connectivity index (χ4n) is 1.84. The predicted octanol–water partition coefficient (Wildman–Crippen LogP) is 2.46. The minimum atomic E-state index is -0.604. The van der Waals surface area contributed by atoms with Crippen LogP contribution in [0.4, 0.5) is 0 Å². The van der Waals surface area contributed by atoms with Crippen molar-refractivity contribution in [1.29, 1.82) is 0 Å². The van der Waals surface area contributed by atoms with Gasteiger partial charge in [0.15, 0.2) is 5.75 Å². The second-order valence-electron chi connectivity index (χ2n) is 4.55. The fraction of sp³-hybridized carbons (Fsp3) is 0.133. The molecule has 0 spiro atoms. The Morgan fingerprint density at radius 2 is 2.00 bits per heavy atom. The van der Waals surface area contributed by atoms with Gasteiger partial charge in [-0.15, -0.1) is 0 Å². The van der Waals surface area contributed by atoms with Gasteiger partial charge in [-0.25, -0.2) is 5.43 Å². The first kappa shape index (κ1) is 17.1. The van der Waals surface area contributed by atoms with E-state index in [9.17, 15) is 9.59 Å². The molecule has 0 saturated heterocycles. The van der Waals surface area contributed by atoms with Gasteiger partial charge in [0.1, 0.15) is 5.56 Å². The van der Waals surface area contributed by atoms with Crippen LogP contribution in [0.3, 0.4) is 0 Å². The average Bonchev–Trinajstić information content (AvgIpc) is 2.49. The van der Waals surface area contributed by atoms with Crippen molar-refractivity contribution in [2.75, 3.05) is 7.11 Å². The number of aromatic nitrogens is 1. The van der Waals surface area contributed by atoms with Gasteiger partial charge in [0.05, 0.1) is 23.4 Å². The summed E-state index contributed by atoms with van der Waals surface area (Å²) in [5.41, 5.74) is 2.45. The standard InChI is InChI=1S/C15H13Cl2N3O3/c1-20-5-3-4-10(15(20)22)14(21)19-18-8-9-6-11(16)13(23-2)12(17)7-9/h3-8H,1-2H3,(H,19,21)/b18-8-. The largest absolute Gasteiger partial charge is 0.494 e. The molecule has 8 heteroatoms. The number of hydrogen-bond donors (Lipinski definition) is 1. The fourth-order valence-corrected chi connectivity index (χ4v) is 2.50. The number of amides is 1. The average molecular weight is 354 g/mol. The lowest BCUT2D eigenvalue weighted by Gasteiger charge is -2.06.